The predicted octanol–water partition coefficient (Wildman–Crippen LogP) is 20.6. The van der Waals surface area contributed by atoms with Crippen molar-refractivity contribution >= 4 is 55.7 Å². The third kappa shape index (κ3) is 9.96. The van der Waals surface area contributed by atoms with Crippen molar-refractivity contribution in [3.05, 3.63) is 227 Å². The number of nitrogens with zero attached hydrogens (tertiary/aromatic N) is 2. The Kier molecular flexibility index (Phi) is 13.5. The molecule has 0 aliphatic carbocycles. The second-order valence-electron chi connectivity index (χ2n) is 22.5. The van der Waals surface area contributed by atoms with E-state index in [1.807, 2.05) is 0 Å². The SMILES string of the molecule is Cc1ccc(-c2ccc(C(C)(C)C)cc2)cc1N(c1ccccc1)c1cc(C(C)C)c2ccc3c(N(c4ccccc4)c4cc(-c5ccc(C(C)(C)C)cc5)ccc4C)cc(C(C)C)c(ccc1c2)c3C. The highest BCUT2D eigenvalue weighted by atomic mass is 15.2. The summed E-state index contributed by atoms with van der Waals surface area (Å²) in [6.07, 6.45) is 0. The summed E-state index contributed by atoms with van der Waals surface area (Å²) >= 11 is 0. The third-order valence-corrected chi connectivity index (χ3v) is 14.6. The highest BCUT2D eigenvalue weighted by Gasteiger charge is 2.24. The number of para-hydroxylation sites is 2. The number of fused-ring (bicyclic) bond motifs is 4. The van der Waals surface area contributed by atoms with Crippen molar-refractivity contribution in [1.82, 2.24) is 0 Å². The third-order valence-electron chi connectivity index (χ3n) is 14.6. The van der Waals surface area contributed by atoms with Crippen molar-refractivity contribution in [2.75, 3.05) is 9.80 Å². The summed E-state index contributed by atoms with van der Waals surface area (Å²) in [4.78, 5) is 5.00. The number of benzene rings is 8. The normalized spacial score (nSPS) is 12.0. The van der Waals surface area contributed by atoms with E-state index in [0.29, 0.717) is 0 Å². The number of rotatable bonds is 10. The number of aryl methyl sites for hydroxylation is 3. The number of anilines is 6. The smallest absolute Gasteiger partial charge is 0.0540 e. The zero-order valence-corrected chi connectivity index (χ0v) is 44.4. The largest absolute Gasteiger partial charge is 0.310 e. The summed E-state index contributed by atoms with van der Waals surface area (Å²) in [6, 6.07) is 71.0. The van der Waals surface area contributed by atoms with Crippen molar-refractivity contribution < 1.29 is 0 Å². The average Bonchev–Trinajstić information content (AvgIpc) is 3.34. The molecule has 0 spiro atoms. The van der Waals surface area contributed by atoms with Gasteiger partial charge in [0.25, 0.3) is 0 Å². The highest BCUT2D eigenvalue weighted by Crippen LogP contribution is 2.47. The average molecular weight is 929 g/mol. The fraction of sp³-hybridized carbons (Fsp3) is 0.246. The molecular formula is C69H72N2. The molecule has 0 aromatic heterocycles. The molecule has 0 heterocycles. The molecule has 358 valence electrons. The molecule has 0 radical (unpaired) electrons. The zero-order valence-electron chi connectivity index (χ0n) is 44.4. The topological polar surface area (TPSA) is 6.48 Å². The van der Waals surface area contributed by atoms with Crippen LogP contribution in [0.5, 0.6) is 0 Å². The number of hydrogen-bond acceptors (Lipinski definition) is 2. The molecule has 0 saturated carbocycles. The van der Waals surface area contributed by atoms with Crippen LogP contribution < -0.4 is 9.80 Å². The highest BCUT2D eigenvalue weighted by molar-refractivity contribution is 5.99. The summed E-state index contributed by atoms with van der Waals surface area (Å²) in [6.45, 7) is 29.8. The molecule has 0 amide bonds. The molecular weight excluding hydrogens is 857 g/mol. The van der Waals surface area contributed by atoms with Gasteiger partial charge in [0.05, 0.1) is 11.4 Å². The number of hydrogen-bond donors (Lipinski definition) is 0. The van der Waals surface area contributed by atoms with E-state index in [4.69, 9.17) is 0 Å². The maximum absolute atomic E-state index is 2.51. The van der Waals surface area contributed by atoms with Gasteiger partial charge in [-0.25, -0.2) is 0 Å². The van der Waals surface area contributed by atoms with E-state index in [-0.39, 0.29) is 22.7 Å². The van der Waals surface area contributed by atoms with Gasteiger partial charge >= 0.3 is 0 Å². The first kappa shape index (κ1) is 48.8. The Balaban J connectivity index is 1.28. The van der Waals surface area contributed by atoms with Crippen molar-refractivity contribution in [2.24, 2.45) is 0 Å². The van der Waals surface area contributed by atoms with E-state index in [1.54, 1.807) is 0 Å². The van der Waals surface area contributed by atoms with Gasteiger partial charge in [-0.3, -0.25) is 0 Å². The molecule has 2 nitrogen and oxygen atoms in total. The van der Waals surface area contributed by atoms with Crippen LogP contribution in [0.2, 0.25) is 0 Å². The molecule has 9 aromatic carbocycles. The molecule has 0 aliphatic rings. The van der Waals surface area contributed by atoms with Crippen molar-refractivity contribution in [3.8, 4) is 22.3 Å². The fourth-order valence-electron chi connectivity index (χ4n) is 10.3. The van der Waals surface area contributed by atoms with Crippen LogP contribution in [0.3, 0.4) is 0 Å². The van der Waals surface area contributed by atoms with Gasteiger partial charge in [-0.15, -0.1) is 0 Å². The predicted molar refractivity (Wildman–Crippen MR) is 310 cm³/mol. The van der Waals surface area contributed by atoms with Gasteiger partial charge in [-0.05, 0) is 175 Å². The summed E-state index contributed by atoms with van der Waals surface area (Å²) in [5, 5.41) is 4.89. The Morgan fingerprint density at radius 3 is 1.20 bits per heavy atom. The van der Waals surface area contributed by atoms with E-state index in [0.717, 1.165) is 17.1 Å². The van der Waals surface area contributed by atoms with Gasteiger partial charge in [-0.2, -0.15) is 0 Å². The van der Waals surface area contributed by atoms with Crippen molar-refractivity contribution in [1.29, 1.82) is 0 Å². The van der Waals surface area contributed by atoms with Crippen LogP contribution in [-0.4, -0.2) is 0 Å². The minimum absolute atomic E-state index is 0.0900. The molecule has 0 N–H and O–H groups in total. The lowest BCUT2D eigenvalue weighted by Crippen LogP contribution is -2.13. The standard InChI is InChI=1S/C69H72N2/c1-45(2)62-43-66(70(58-20-16-14-17-21-58)64-41-52(26-24-47(64)5)50-28-34-56(35-29-50)68(8,9)10)55-33-38-60-49(7)61(39-32-54(62)40-55)67(44-63(60)46(3)4)71(59-22-18-15-19-23-59)65-42-53(27-25-48(65)6)51-30-36-57(37-31-51)69(11,12)13/h14-46H,1-13H3. The lowest BCUT2D eigenvalue weighted by Gasteiger charge is -2.31. The first-order valence-corrected chi connectivity index (χ1v) is 25.7. The van der Waals surface area contributed by atoms with E-state index < -0.39 is 0 Å². The molecule has 0 saturated heterocycles. The molecule has 0 fully saturated rings. The van der Waals surface area contributed by atoms with Gasteiger partial charge in [0.1, 0.15) is 0 Å². The maximum Gasteiger partial charge on any atom is 0.0540 e. The van der Waals surface area contributed by atoms with Gasteiger partial charge in [0, 0.05) is 28.1 Å². The Labute approximate surface area is 425 Å². The van der Waals surface area contributed by atoms with Crippen LogP contribution in [0.4, 0.5) is 34.1 Å². The second kappa shape index (κ2) is 19.6. The molecule has 9 aromatic rings. The van der Waals surface area contributed by atoms with Gasteiger partial charge in [-0.1, -0.05) is 203 Å². The Morgan fingerprint density at radius 1 is 0.338 bits per heavy atom. The summed E-state index contributed by atoms with van der Waals surface area (Å²) in [5.74, 6) is 0.533. The molecule has 0 aliphatic heterocycles. The lowest BCUT2D eigenvalue weighted by atomic mass is 9.86. The van der Waals surface area contributed by atoms with E-state index in [2.05, 4.69) is 288 Å². The molecule has 0 unspecified atom stereocenters. The minimum atomic E-state index is 0.0900. The minimum Gasteiger partial charge on any atom is -0.310 e. The molecule has 4 bridgehead atoms. The Bertz CT molecular complexity index is 3380. The molecule has 2 heteroatoms. The quantitative estimate of drug-likeness (QED) is 0.135. The monoisotopic (exact) mass is 929 g/mol. The van der Waals surface area contributed by atoms with Crippen molar-refractivity contribution in [2.45, 2.75) is 113 Å². The first-order valence-electron chi connectivity index (χ1n) is 25.7. The van der Waals surface area contributed by atoms with Crippen LogP contribution in [0.25, 0.3) is 43.8 Å². The van der Waals surface area contributed by atoms with Crippen molar-refractivity contribution in [3.63, 3.8) is 0 Å². The summed E-state index contributed by atoms with van der Waals surface area (Å²) in [5.41, 5.74) is 21.0. The fourth-order valence-corrected chi connectivity index (χ4v) is 10.3. The summed E-state index contributed by atoms with van der Waals surface area (Å²) in [7, 11) is 0. The Morgan fingerprint density at radius 2 is 0.746 bits per heavy atom. The van der Waals surface area contributed by atoms with E-state index in [9.17, 15) is 0 Å². The van der Waals surface area contributed by atoms with Crippen LogP contribution in [-0.2, 0) is 10.8 Å². The maximum atomic E-state index is 2.51. The van der Waals surface area contributed by atoms with E-state index in [1.165, 1.54) is 99.8 Å². The summed E-state index contributed by atoms with van der Waals surface area (Å²) < 4.78 is 0. The Hall–Kier alpha value is -7.16. The lowest BCUT2D eigenvalue weighted by molar-refractivity contribution is 0.590. The van der Waals surface area contributed by atoms with Gasteiger partial charge < -0.3 is 9.80 Å². The van der Waals surface area contributed by atoms with Crippen LogP contribution in [0.1, 0.15) is 120 Å². The van der Waals surface area contributed by atoms with E-state index >= 15 is 0 Å². The van der Waals surface area contributed by atoms with Gasteiger partial charge in [0.2, 0.25) is 0 Å². The first-order chi connectivity index (χ1) is 33.9. The van der Waals surface area contributed by atoms with Gasteiger partial charge in [0.15, 0.2) is 0 Å². The second-order valence-corrected chi connectivity index (χ2v) is 22.5. The molecule has 9 rings (SSSR count). The van der Waals surface area contributed by atoms with Crippen LogP contribution >= 0.6 is 0 Å². The van der Waals surface area contributed by atoms with Crippen LogP contribution in [0, 0.1) is 20.8 Å². The van der Waals surface area contributed by atoms with Crippen LogP contribution in [0.15, 0.2) is 188 Å². The zero-order chi connectivity index (χ0) is 50.4. The molecule has 0 atom stereocenters. The molecule has 71 heavy (non-hydrogen) atoms.